The van der Waals surface area contributed by atoms with Gasteiger partial charge < -0.3 is 21.1 Å². The van der Waals surface area contributed by atoms with Gasteiger partial charge >= 0.3 is 0 Å². The van der Waals surface area contributed by atoms with Gasteiger partial charge in [-0.15, -0.1) is 0 Å². The highest BCUT2D eigenvalue weighted by atomic mass is 16.5. The summed E-state index contributed by atoms with van der Waals surface area (Å²) in [4.78, 5) is 27.7. The van der Waals surface area contributed by atoms with Gasteiger partial charge in [0.15, 0.2) is 0 Å². The molecule has 0 radical (unpaired) electrons. The fourth-order valence-electron chi connectivity index (χ4n) is 4.87. The Labute approximate surface area is 235 Å². The Morgan fingerprint density at radius 1 is 0.825 bits per heavy atom. The second kappa shape index (κ2) is 13.0. The molecule has 0 aliphatic carbocycles. The fraction of sp³-hybridized carbons (Fsp3) is 0.212. The van der Waals surface area contributed by atoms with Gasteiger partial charge in [-0.2, -0.15) is 0 Å². The van der Waals surface area contributed by atoms with Crippen LogP contribution in [0.2, 0.25) is 0 Å². The van der Waals surface area contributed by atoms with Gasteiger partial charge in [0.25, 0.3) is 5.91 Å². The molecule has 4 N–H and O–H groups in total. The minimum atomic E-state index is -0.218. The third-order valence-electron chi connectivity index (χ3n) is 7.12. The quantitative estimate of drug-likeness (QED) is 0.237. The number of amides is 2. The van der Waals surface area contributed by atoms with E-state index >= 15 is 0 Å². The highest BCUT2D eigenvalue weighted by Gasteiger charge is 2.30. The molecule has 0 spiro atoms. The Balaban J connectivity index is 1.07. The monoisotopic (exact) mass is 534 g/mol. The Hall–Kier alpha value is -4.62. The van der Waals surface area contributed by atoms with Crippen molar-refractivity contribution >= 4 is 23.2 Å². The third-order valence-corrected chi connectivity index (χ3v) is 7.12. The molecule has 1 aliphatic heterocycles. The summed E-state index contributed by atoms with van der Waals surface area (Å²) in [7, 11) is 0. The molecule has 5 rings (SSSR count). The summed E-state index contributed by atoms with van der Waals surface area (Å²) in [6, 6.07) is 32.4. The first-order chi connectivity index (χ1) is 19.5. The SMILES string of the molecule is Nc1ccccc1NC(=O)c1ccc(COc2ccc(CNC(=O)[C@@H]3CCCN3Cc3ccccc3)cc2)cc1. The zero-order valence-corrected chi connectivity index (χ0v) is 22.4. The summed E-state index contributed by atoms with van der Waals surface area (Å²) in [5.41, 5.74) is 10.8. The average molecular weight is 535 g/mol. The van der Waals surface area contributed by atoms with Crippen molar-refractivity contribution in [3.05, 3.63) is 125 Å². The van der Waals surface area contributed by atoms with E-state index in [9.17, 15) is 9.59 Å². The lowest BCUT2D eigenvalue weighted by Crippen LogP contribution is -2.42. The van der Waals surface area contributed by atoms with Gasteiger partial charge in [0.2, 0.25) is 5.91 Å². The average Bonchev–Trinajstić information content (AvgIpc) is 3.45. The lowest BCUT2D eigenvalue weighted by Gasteiger charge is -2.23. The van der Waals surface area contributed by atoms with Gasteiger partial charge in [-0.1, -0.05) is 66.7 Å². The number of ether oxygens (including phenoxy) is 1. The number of nitrogen functional groups attached to an aromatic ring is 1. The predicted molar refractivity (Wildman–Crippen MR) is 158 cm³/mol. The van der Waals surface area contributed by atoms with E-state index in [0.717, 1.165) is 42.8 Å². The maximum atomic E-state index is 12.9. The first-order valence-corrected chi connectivity index (χ1v) is 13.6. The first-order valence-electron chi connectivity index (χ1n) is 13.6. The highest BCUT2D eigenvalue weighted by Crippen LogP contribution is 2.21. The molecule has 1 fully saturated rings. The van der Waals surface area contributed by atoms with Crippen LogP contribution in [0.5, 0.6) is 5.75 Å². The van der Waals surface area contributed by atoms with Gasteiger partial charge in [0.05, 0.1) is 17.4 Å². The molecular formula is C33H34N4O3. The summed E-state index contributed by atoms with van der Waals surface area (Å²) < 4.78 is 5.93. The van der Waals surface area contributed by atoms with Crippen molar-refractivity contribution in [3.63, 3.8) is 0 Å². The molecular weight excluding hydrogens is 500 g/mol. The van der Waals surface area contributed by atoms with E-state index in [1.165, 1.54) is 5.56 Å². The number of para-hydroxylation sites is 2. The molecule has 1 saturated heterocycles. The molecule has 2 amide bonds. The Morgan fingerprint density at radius 3 is 2.27 bits per heavy atom. The zero-order valence-electron chi connectivity index (χ0n) is 22.4. The summed E-state index contributed by atoms with van der Waals surface area (Å²) in [5.74, 6) is 0.601. The largest absolute Gasteiger partial charge is 0.489 e. The van der Waals surface area contributed by atoms with E-state index in [-0.39, 0.29) is 17.9 Å². The van der Waals surface area contributed by atoms with E-state index in [4.69, 9.17) is 10.5 Å². The lowest BCUT2D eigenvalue weighted by molar-refractivity contribution is -0.125. The molecule has 1 atom stereocenters. The van der Waals surface area contributed by atoms with Crippen LogP contribution in [0, 0.1) is 0 Å². The summed E-state index contributed by atoms with van der Waals surface area (Å²) in [5, 5.41) is 5.94. The predicted octanol–water partition coefficient (Wildman–Crippen LogP) is 5.38. The maximum Gasteiger partial charge on any atom is 0.255 e. The molecule has 4 aromatic rings. The van der Waals surface area contributed by atoms with E-state index in [0.29, 0.717) is 30.1 Å². The number of nitrogens with two attached hydrogens (primary N) is 1. The second-order valence-electron chi connectivity index (χ2n) is 10.0. The van der Waals surface area contributed by atoms with Crippen molar-refractivity contribution in [2.24, 2.45) is 0 Å². The number of nitrogens with zero attached hydrogens (tertiary/aromatic N) is 1. The van der Waals surface area contributed by atoms with E-state index in [1.807, 2.05) is 66.7 Å². The molecule has 0 bridgehead atoms. The Morgan fingerprint density at radius 2 is 1.52 bits per heavy atom. The topological polar surface area (TPSA) is 96.7 Å². The van der Waals surface area contributed by atoms with Crippen LogP contribution in [0.1, 0.15) is 39.9 Å². The number of benzene rings is 4. The number of likely N-dealkylation sites (tertiary alicyclic amines) is 1. The van der Waals surface area contributed by atoms with Crippen molar-refractivity contribution in [1.82, 2.24) is 10.2 Å². The van der Waals surface area contributed by atoms with Gasteiger partial charge in [0, 0.05) is 18.7 Å². The summed E-state index contributed by atoms with van der Waals surface area (Å²) >= 11 is 0. The van der Waals surface area contributed by atoms with Crippen molar-refractivity contribution in [1.29, 1.82) is 0 Å². The maximum absolute atomic E-state index is 12.9. The molecule has 7 heteroatoms. The van der Waals surface area contributed by atoms with E-state index in [1.54, 1.807) is 24.3 Å². The lowest BCUT2D eigenvalue weighted by atomic mass is 10.1. The van der Waals surface area contributed by atoms with Crippen molar-refractivity contribution < 1.29 is 14.3 Å². The van der Waals surface area contributed by atoms with Crippen molar-refractivity contribution in [2.75, 3.05) is 17.6 Å². The number of nitrogens with one attached hydrogen (secondary N) is 2. The van der Waals surface area contributed by atoms with Crippen LogP contribution in [-0.4, -0.2) is 29.3 Å². The standard InChI is InChI=1S/C33H34N4O3/c34-29-9-4-5-10-30(29)36-32(38)27-16-12-26(13-17-27)23-40-28-18-14-24(15-19-28)21-35-33(39)31-11-6-20-37(31)22-25-7-2-1-3-8-25/h1-5,7-10,12-19,31H,6,11,20-23,34H2,(H,35,39)(H,36,38)/t31-/m0/s1. The molecule has 1 heterocycles. The third kappa shape index (κ3) is 7.07. The van der Waals surface area contributed by atoms with Gasteiger partial charge in [-0.05, 0) is 72.5 Å². The molecule has 1 aliphatic rings. The number of hydrogen-bond donors (Lipinski definition) is 3. The number of carbonyl (C=O) groups is 2. The summed E-state index contributed by atoms with van der Waals surface area (Å²) in [6.07, 6.45) is 1.93. The van der Waals surface area contributed by atoms with Crippen molar-refractivity contribution in [3.8, 4) is 5.75 Å². The number of anilines is 2. The van der Waals surface area contributed by atoms with Gasteiger partial charge in [-0.3, -0.25) is 14.5 Å². The smallest absolute Gasteiger partial charge is 0.255 e. The Kier molecular flexibility index (Phi) is 8.73. The highest BCUT2D eigenvalue weighted by molar-refractivity contribution is 6.05. The number of hydrogen-bond acceptors (Lipinski definition) is 5. The Bertz CT molecular complexity index is 1420. The molecule has 204 valence electrons. The van der Waals surface area contributed by atoms with Gasteiger partial charge in [-0.25, -0.2) is 0 Å². The van der Waals surface area contributed by atoms with Crippen LogP contribution in [0.3, 0.4) is 0 Å². The summed E-state index contributed by atoms with van der Waals surface area (Å²) in [6.45, 7) is 2.59. The molecule has 7 nitrogen and oxygen atoms in total. The van der Waals surface area contributed by atoms with Crippen LogP contribution in [-0.2, 0) is 24.5 Å². The fourth-order valence-corrected chi connectivity index (χ4v) is 4.87. The van der Waals surface area contributed by atoms with Crippen molar-refractivity contribution in [2.45, 2.75) is 38.6 Å². The zero-order chi connectivity index (χ0) is 27.7. The van der Waals surface area contributed by atoms with Crippen LogP contribution in [0.15, 0.2) is 103 Å². The molecule has 4 aromatic carbocycles. The second-order valence-corrected chi connectivity index (χ2v) is 10.0. The van der Waals surface area contributed by atoms with Crippen LogP contribution in [0.4, 0.5) is 11.4 Å². The number of rotatable bonds is 10. The minimum Gasteiger partial charge on any atom is -0.489 e. The van der Waals surface area contributed by atoms with Gasteiger partial charge in [0.1, 0.15) is 12.4 Å². The molecule has 40 heavy (non-hydrogen) atoms. The molecule has 0 unspecified atom stereocenters. The minimum absolute atomic E-state index is 0.0816. The molecule has 0 saturated carbocycles. The van der Waals surface area contributed by atoms with Crippen LogP contribution in [0.25, 0.3) is 0 Å². The van der Waals surface area contributed by atoms with E-state index in [2.05, 4.69) is 27.7 Å². The van der Waals surface area contributed by atoms with E-state index < -0.39 is 0 Å². The molecule has 0 aromatic heterocycles. The van der Waals surface area contributed by atoms with Crippen LogP contribution >= 0.6 is 0 Å². The van der Waals surface area contributed by atoms with Crippen LogP contribution < -0.4 is 21.1 Å². The normalized spacial score (nSPS) is 14.9. The first kappa shape index (κ1) is 27.0. The number of carbonyl (C=O) groups excluding carboxylic acids is 2.